The molecule has 2 aliphatic rings. The molecule has 0 saturated carbocycles. The number of ether oxygens (including phenoxy) is 2. The standard InChI is InChI=1S/C28H29N3O4/c1-2-16-29-28(33)26-17-30(21-12-6-9-15-25(21)35-26)18-27(32)31-22-13-7-8-14-24(22)34-19-23(31)20-10-4-3-5-11-20/h3-15,23,26H,2,16-19H2,1H3,(H,29,33)/t23-,26-/m0/s1. The maximum Gasteiger partial charge on any atom is 0.262 e. The van der Waals surface area contributed by atoms with Crippen molar-refractivity contribution in [2.24, 2.45) is 0 Å². The molecule has 2 amide bonds. The van der Waals surface area contributed by atoms with Gasteiger partial charge in [-0.2, -0.15) is 0 Å². The molecule has 0 spiro atoms. The first-order chi connectivity index (χ1) is 17.2. The molecule has 2 atom stereocenters. The number of anilines is 2. The van der Waals surface area contributed by atoms with Crippen LogP contribution in [-0.2, 0) is 9.59 Å². The summed E-state index contributed by atoms with van der Waals surface area (Å²) in [6.07, 6.45) is 0.153. The lowest BCUT2D eigenvalue weighted by Crippen LogP contribution is -2.52. The van der Waals surface area contributed by atoms with Crippen molar-refractivity contribution in [1.29, 1.82) is 0 Å². The Kier molecular flexibility index (Phi) is 6.57. The van der Waals surface area contributed by atoms with Crippen LogP contribution in [0.25, 0.3) is 0 Å². The molecule has 0 fully saturated rings. The fourth-order valence-corrected chi connectivity index (χ4v) is 4.61. The first kappa shape index (κ1) is 22.8. The van der Waals surface area contributed by atoms with E-state index in [0.29, 0.717) is 31.2 Å². The summed E-state index contributed by atoms with van der Waals surface area (Å²) in [5, 5.41) is 2.91. The van der Waals surface area contributed by atoms with E-state index in [9.17, 15) is 9.59 Å². The maximum atomic E-state index is 14.0. The van der Waals surface area contributed by atoms with Crippen LogP contribution in [0.4, 0.5) is 11.4 Å². The van der Waals surface area contributed by atoms with Crippen molar-refractivity contribution in [3.63, 3.8) is 0 Å². The third kappa shape index (κ3) is 4.67. The molecule has 1 N–H and O–H groups in total. The van der Waals surface area contributed by atoms with Crippen molar-refractivity contribution in [1.82, 2.24) is 5.32 Å². The summed E-state index contributed by atoms with van der Waals surface area (Å²) in [6, 6.07) is 24.8. The van der Waals surface area contributed by atoms with Gasteiger partial charge in [0.05, 0.1) is 30.5 Å². The third-order valence-corrected chi connectivity index (χ3v) is 6.32. The van der Waals surface area contributed by atoms with Crippen LogP contribution in [0.5, 0.6) is 11.5 Å². The summed E-state index contributed by atoms with van der Waals surface area (Å²) >= 11 is 0. The zero-order chi connectivity index (χ0) is 24.2. The second-order valence-corrected chi connectivity index (χ2v) is 8.71. The predicted molar refractivity (Wildman–Crippen MR) is 135 cm³/mol. The summed E-state index contributed by atoms with van der Waals surface area (Å²) < 4.78 is 12.0. The van der Waals surface area contributed by atoms with E-state index in [1.54, 1.807) is 0 Å². The van der Waals surface area contributed by atoms with Gasteiger partial charge in [0, 0.05) is 6.54 Å². The molecule has 0 aromatic heterocycles. The van der Waals surface area contributed by atoms with Crippen LogP contribution >= 0.6 is 0 Å². The van der Waals surface area contributed by atoms with Crippen LogP contribution in [0.3, 0.4) is 0 Å². The zero-order valence-corrected chi connectivity index (χ0v) is 19.7. The average Bonchev–Trinajstić information content (AvgIpc) is 2.91. The minimum absolute atomic E-state index is 0.0703. The number of rotatable bonds is 6. The van der Waals surface area contributed by atoms with E-state index in [2.05, 4.69) is 5.32 Å². The Morgan fingerprint density at radius 2 is 1.60 bits per heavy atom. The average molecular weight is 472 g/mol. The van der Waals surface area contributed by atoms with Gasteiger partial charge in [0.25, 0.3) is 5.91 Å². The van der Waals surface area contributed by atoms with Crippen molar-refractivity contribution in [2.75, 3.05) is 36.0 Å². The molecule has 0 unspecified atom stereocenters. The number of hydrogen-bond acceptors (Lipinski definition) is 5. The number of nitrogens with one attached hydrogen (secondary N) is 1. The molecule has 7 heteroatoms. The van der Waals surface area contributed by atoms with Crippen molar-refractivity contribution >= 4 is 23.2 Å². The highest BCUT2D eigenvalue weighted by Crippen LogP contribution is 2.40. The Labute approximate surface area is 205 Å². The van der Waals surface area contributed by atoms with Crippen LogP contribution in [0.1, 0.15) is 24.9 Å². The molecule has 2 aliphatic heterocycles. The minimum atomic E-state index is -0.689. The molecule has 0 radical (unpaired) electrons. The lowest BCUT2D eigenvalue weighted by atomic mass is 10.0. The molecule has 0 bridgehead atoms. The van der Waals surface area contributed by atoms with E-state index in [4.69, 9.17) is 9.47 Å². The lowest BCUT2D eigenvalue weighted by Gasteiger charge is -2.40. The van der Waals surface area contributed by atoms with Gasteiger partial charge in [-0.15, -0.1) is 0 Å². The molecule has 5 rings (SSSR count). The Morgan fingerprint density at radius 1 is 0.914 bits per heavy atom. The molecular weight excluding hydrogens is 442 g/mol. The van der Waals surface area contributed by atoms with Gasteiger partial charge in [0.2, 0.25) is 5.91 Å². The minimum Gasteiger partial charge on any atom is -0.489 e. The summed E-state index contributed by atoms with van der Waals surface area (Å²) in [5.74, 6) is 1.05. The van der Waals surface area contributed by atoms with Gasteiger partial charge in [0.1, 0.15) is 18.1 Å². The summed E-state index contributed by atoms with van der Waals surface area (Å²) in [6.45, 7) is 3.36. The number of amides is 2. The normalized spacial score (nSPS) is 18.5. The van der Waals surface area contributed by atoms with Crippen molar-refractivity contribution < 1.29 is 19.1 Å². The largest absolute Gasteiger partial charge is 0.489 e. The Hall–Kier alpha value is -4.00. The molecular formula is C28H29N3O4. The third-order valence-electron chi connectivity index (χ3n) is 6.32. The molecule has 3 aromatic rings. The maximum absolute atomic E-state index is 14.0. The van der Waals surface area contributed by atoms with E-state index < -0.39 is 6.10 Å². The van der Waals surface area contributed by atoms with Crippen LogP contribution in [0, 0.1) is 0 Å². The van der Waals surface area contributed by atoms with Crippen molar-refractivity contribution in [2.45, 2.75) is 25.5 Å². The molecule has 2 heterocycles. The van der Waals surface area contributed by atoms with Crippen LogP contribution < -0.4 is 24.6 Å². The second-order valence-electron chi connectivity index (χ2n) is 8.71. The monoisotopic (exact) mass is 471 g/mol. The summed E-state index contributed by atoms with van der Waals surface area (Å²) in [4.78, 5) is 30.5. The number of carbonyl (C=O) groups is 2. The summed E-state index contributed by atoms with van der Waals surface area (Å²) in [5.41, 5.74) is 2.56. The van der Waals surface area contributed by atoms with Crippen LogP contribution in [-0.4, -0.2) is 44.2 Å². The number of fused-ring (bicyclic) bond motifs is 2. The van der Waals surface area contributed by atoms with Gasteiger partial charge in [0.15, 0.2) is 6.10 Å². The van der Waals surface area contributed by atoms with Gasteiger partial charge in [-0.05, 0) is 36.2 Å². The number of carbonyl (C=O) groups excluding carboxylic acids is 2. The summed E-state index contributed by atoms with van der Waals surface area (Å²) in [7, 11) is 0. The van der Waals surface area contributed by atoms with Gasteiger partial charge >= 0.3 is 0 Å². The van der Waals surface area contributed by atoms with E-state index in [0.717, 1.165) is 23.4 Å². The first-order valence-electron chi connectivity index (χ1n) is 12.0. The quantitative estimate of drug-likeness (QED) is 0.590. The number of nitrogens with zero attached hydrogens (tertiary/aromatic N) is 2. The van der Waals surface area contributed by atoms with Crippen LogP contribution in [0.15, 0.2) is 78.9 Å². The van der Waals surface area contributed by atoms with Gasteiger partial charge in [-0.3, -0.25) is 14.5 Å². The first-order valence-corrected chi connectivity index (χ1v) is 12.0. The highest BCUT2D eigenvalue weighted by atomic mass is 16.5. The zero-order valence-electron chi connectivity index (χ0n) is 19.7. The van der Waals surface area contributed by atoms with E-state index in [-0.39, 0.29) is 24.4 Å². The number of hydrogen-bond donors (Lipinski definition) is 1. The SMILES string of the molecule is CCCNC(=O)[C@@H]1CN(CC(=O)N2c3ccccc3OC[C@H]2c2ccccc2)c2ccccc2O1. The fourth-order valence-electron chi connectivity index (χ4n) is 4.61. The fraction of sp³-hybridized carbons (Fsp3) is 0.286. The highest BCUT2D eigenvalue weighted by molar-refractivity contribution is 5.99. The predicted octanol–water partition coefficient (Wildman–Crippen LogP) is 3.95. The topological polar surface area (TPSA) is 71.1 Å². The van der Waals surface area contributed by atoms with E-state index in [1.165, 1.54) is 0 Å². The van der Waals surface area contributed by atoms with Gasteiger partial charge < -0.3 is 19.7 Å². The van der Waals surface area contributed by atoms with E-state index >= 15 is 0 Å². The second kappa shape index (κ2) is 10.1. The Morgan fingerprint density at radius 3 is 2.37 bits per heavy atom. The molecule has 180 valence electrons. The molecule has 3 aromatic carbocycles. The van der Waals surface area contributed by atoms with E-state index in [1.807, 2.05) is 95.6 Å². The van der Waals surface area contributed by atoms with Crippen molar-refractivity contribution in [3.05, 3.63) is 84.4 Å². The lowest BCUT2D eigenvalue weighted by molar-refractivity contribution is -0.128. The Bertz CT molecular complexity index is 1200. The van der Waals surface area contributed by atoms with Gasteiger partial charge in [-0.1, -0.05) is 61.5 Å². The molecule has 0 aliphatic carbocycles. The molecule has 7 nitrogen and oxygen atoms in total. The number of para-hydroxylation sites is 4. The molecule has 35 heavy (non-hydrogen) atoms. The molecule has 0 saturated heterocycles. The smallest absolute Gasteiger partial charge is 0.262 e. The Balaban J connectivity index is 1.45. The van der Waals surface area contributed by atoms with Crippen molar-refractivity contribution in [3.8, 4) is 11.5 Å². The number of benzene rings is 3. The van der Waals surface area contributed by atoms with Crippen LogP contribution in [0.2, 0.25) is 0 Å². The van der Waals surface area contributed by atoms with Gasteiger partial charge in [-0.25, -0.2) is 0 Å². The highest BCUT2D eigenvalue weighted by Gasteiger charge is 2.36.